The van der Waals surface area contributed by atoms with E-state index in [1.165, 1.54) is 6.92 Å². The zero-order chi connectivity index (χ0) is 20.4. The highest BCUT2D eigenvalue weighted by Crippen LogP contribution is 2.58. The molecule has 0 unspecified atom stereocenters. The smallest absolute Gasteiger partial charge is 0.327 e. The van der Waals surface area contributed by atoms with Gasteiger partial charge in [-0.1, -0.05) is 78.9 Å². The highest BCUT2D eigenvalue weighted by Gasteiger charge is 2.45. The molecule has 0 aliphatic heterocycles. The van der Waals surface area contributed by atoms with Crippen LogP contribution in [-0.2, 0) is 14.3 Å². The van der Waals surface area contributed by atoms with E-state index in [1.54, 1.807) is 11.8 Å². The van der Waals surface area contributed by atoms with Crippen LogP contribution in [0.4, 0.5) is 0 Å². The number of carbonyl (C=O) groups is 2. The zero-order valence-electron chi connectivity index (χ0n) is 16.0. The second kappa shape index (κ2) is 7.76. The maximum atomic E-state index is 11.7. The summed E-state index contributed by atoms with van der Waals surface area (Å²) in [5.41, 5.74) is 5.69. The van der Waals surface area contributed by atoms with Crippen molar-refractivity contribution in [3.8, 4) is 11.1 Å². The molecular weight excluding hydrogens is 382 g/mol. The van der Waals surface area contributed by atoms with Gasteiger partial charge in [-0.2, -0.15) is 0 Å². The Morgan fingerprint density at radius 3 is 1.93 bits per heavy atom. The topological polar surface area (TPSA) is 66.4 Å². The Bertz CT molecular complexity index is 1020. The number of amides is 1. The molecule has 2 N–H and O–H groups in total. The van der Waals surface area contributed by atoms with Crippen LogP contribution < -0.4 is 5.32 Å². The van der Waals surface area contributed by atoms with E-state index in [0.29, 0.717) is 0 Å². The molecule has 4 rings (SSSR count). The molecule has 4 nitrogen and oxygen atoms in total. The fourth-order valence-electron chi connectivity index (χ4n) is 4.05. The van der Waals surface area contributed by atoms with Crippen LogP contribution in [0.2, 0.25) is 0 Å². The first-order valence-corrected chi connectivity index (χ1v) is 10.4. The molecule has 1 atom stereocenters. The van der Waals surface area contributed by atoms with Gasteiger partial charge in [0.05, 0.1) is 4.75 Å². The average molecular weight is 404 g/mol. The molecule has 1 aliphatic rings. The van der Waals surface area contributed by atoms with Crippen molar-refractivity contribution in [2.75, 3.05) is 5.75 Å². The largest absolute Gasteiger partial charge is 0.480 e. The van der Waals surface area contributed by atoms with E-state index in [1.807, 2.05) is 42.5 Å². The van der Waals surface area contributed by atoms with Crippen LogP contribution in [0, 0.1) is 0 Å². The van der Waals surface area contributed by atoms with Gasteiger partial charge in [-0.25, -0.2) is 4.79 Å². The standard InChI is InChI=1S/C24H21NO3S/c1-16(26)25-22(23(27)28)15-29-24(17-9-3-2-4-10-17)20-13-7-5-11-18(20)19-12-6-8-14-21(19)24/h2-14,22H,15H2,1H3,(H,25,26)(H,27,28)/t22-/m0/s1. The van der Waals surface area contributed by atoms with E-state index in [4.69, 9.17) is 0 Å². The van der Waals surface area contributed by atoms with Gasteiger partial charge in [-0.15, -0.1) is 11.8 Å². The van der Waals surface area contributed by atoms with Gasteiger partial charge in [0, 0.05) is 12.7 Å². The zero-order valence-corrected chi connectivity index (χ0v) is 16.8. The first kappa shape index (κ1) is 19.3. The summed E-state index contributed by atoms with van der Waals surface area (Å²) in [7, 11) is 0. The minimum absolute atomic E-state index is 0.243. The minimum Gasteiger partial charge on any atom is -0.480 e. The summed E-state index contributed by atoms with van der Waals surface area (Å²) in [4.78, 5) is 23.3. The monoisotopic (exact) mass is 403 g/mol. The summed E-state index contributed by atoms with van der Waals surface area (Å²) >= 11 is 1.55. The number of rotatable bonds is 6. The third-order valence-corrected chi connectivity index (χ3v) is 6.83. The van der Waals surface area contributed by atoms with E-state index < -0.39 is 16.8 Å². The number of carboxylic acids is 1. The lowest BCUT2D eigenvalue weighted by atomic mass is 9.88. The molecule has 5 heteroatoms. The number of carbonyl (C=O) groups excluding carboxylic acids is 1. The molecule has 29 heavy (non-hydrogen) atoms. The molecule has 0 heterocycles. The third kappa shape index (κ3) is 3.32. The predicted molar refractivity (Wildman–Crippen MR) is 116 cm³/mol. The van der Waals surface area contributed by atoms with E-state index >= 15 is 0 Å². The predicted octanol–water partition coefficient (Wildman–Crippen LogP) is 4.28. The Labute approximate surface area is 174 Å². The molecule has 0 spiro atoms. The van der Waals surface area contributed by atoms with Crippen LogP contribution in [0.1, 0.15) is 23.6 Å². The van der Waals surface area contributed by atoms with Crippen molar-refractivity contribution in [2.45, 2.75) is 17.7 Å². The van der Waals surface area contributed by atoms with Gasteiger partial charge in [0.25, 0.3) is 0 Å². The SMILES string of the molecule is CC(=O)N[C@@H](CSC1(c2ccccc2)c2ccccc2-c2ccccc21)C(=O)O. The fraction of sp³-hybridized carbons (Fsp3) is 0.167. The summed E-state index contributed by atoms with van der Waals surface area (Å²) in [5.74, 6) is -1.14. The first-order valence-electron chi connectivity index (χ1n) is 9.43. The second-order valence-electron chi connectivity index (χ2n) is 7.04. The van der Waals surface area contributed by atoms with Gasteiger partial charge in [-0.05, 0) is 27.8 Å². The molecule has 3 aromatic rings. The highest BCUT2D eigenvalue weighted by molar-refractivity contribution is 8.00. The molecule has 0 saturated carbocycles. The number of hydrogen-bond acceptors (Lipinski definition) is 3. The fourth-order valence-corrected chi connectivity index (χ4v) is 5.66. The van der Waals surface area contributed by atoms with Crippen LogP contribution in [0.5, 0.6) is 0 Å². The summed E-state index contributed by atoms with van der Waals surface area (Å²) in [6.07, 6.45) is 0. The Morgan fingerprint density at radius 2 is 1.41 bits per heavy atom. The number of hydrogen-bond donors (Lipinski definition) is 2. The quantitative estimate of drug-likeness (QED) is 0.645. The van der Waals surface area contributed by atoms with E-state index in [9.17, 15) is 14.7 Å². The van der Waals surface area contributed by atoms with Gasteiger partial charge in [-0.3, -0.25) is 4.79 Å². The number of nitrogens with one attached hydrogen (secondary N) is 1. The molecule has 0 aromatic heterocycles. The number of fused-ring (bicyclic) bond motifs is 3. The van der Waals surface area contributed by atoms with Gasteiger partial charge >= 0.3 is 5.97 Å². The van der Waals surface area contributed by atoms with Crippen molar-refractivity contribution in [3.63, 3.8) is 0 Å². The van der Waals surface area contributed by atoms with Crippen molar-refractivity contribution >= 4 is 23.6 Å². The maximum absolute atomic E-state index is 11.7. The van der Waals surface area contributed by atoms with Gasteiger partial charge < -0.3 is 10.4 Å². The van der Waals surface area contributed by atoms with Crippen LogP contribution >= 0.6 is 11.8 Å². The van der Waals surface area contributed by atoms with Crippen molar-refractivity contribution in [3.05, 3.63) is 95.6 Å². The Hall–Kier alpha value is -3.05. The van der Waals surface area contributed by atoms with Crippen molar-refractivity contribution in [1.29, 1.82) is 0 Å². The molecule has 146 valence electrons. The lowest BCUT2D eigenvalue weighted by Crippen LogP contribution is -2.42. The van der Waals surface area contributed by atoms with Crippen LogP contribution in [0.3, 0.4) is 0 Å². The summed E-state index contributed by atoms with van der Waals surface area (Å²) < 4.78 is -0.541. The molecular formula is C24H21NO3S. The second-order valence-corrected chi connectivity index (χ2v) is 8.28. The summed E-state index contributed by atoms with van der Waals surface area (Å²) in [5, 5.41) is 12.2. The van der Waals surface area contributed by atoms with Gasteiger partial charge in [0.15, 0.2) is 0 Å². The molecule has 0 fully saturated rings. The van der Waals surface area contributed by atoms with E-state index in [-0.39, 0.29) is 11.7 Å². The normalized spacial score (nSPS) is 14.5. The Kier molecular flexibility index (Phi) is 5.16. The number of benzene rings is 3. The average Bonchev–Trinajstić information content (AvgIpc) is 3.02. The van der Waals surface area contributed by atoms with Crippen LogP contribution in [0.25, 0.3) is 11.1 Å². The molecule has 1 aliphatic carbocycles. The molecule has 3 aromatic carbocycles. The Balaban J connectivity index is 1.88. The lowest BCUT2D eigenvalue weighted by Gasteiger charge is -2.33. The molecule has 0 bridgehead atoms. The van der Waals surface area contributed by atoms with Crippen LogP contribution in [0.15, 0.2) is 78.9 Å². The maximum Gasteiger partial charge on any atom is 0.327 e. The summed E-state index contributed by atoms with van der Waals surface area (Å²) in [6, 6.07) is 25.7. The number of aliphatic carboxylic acids is 1. The van der Waals surface area contributed by atoms with Crippen molar-refractivity contribution in [2.24, 2.45) is 0 Å². The third-order valence-electron chi connectivity index (χ3n) is 5.23. The van der Waals surface area contributed by atoms with Crippen molar-refractivity contribution in [1.82, 2.24) is 5.32 Å². The molecule has 1 amide bonds. The van der Waals surface area contributed by atoms with Crippen molar-refractivity contribution < 1.29 is 14.7 Å². The van der Waals surface area contributed by atoms with Crippen LogP contribution in [-0.4, -0.2) is 28.8 Å². The lowest BCUT2D eigenvalue weighted by molar-refractivity contribution is -0.140. The van der Waals surface area contributed by atoms with Gasteiger partial charge in [0.2, 0.25) is 5.91 Å². The number of thioether (sulfide) groups is 1. The molecule has 0 radical (unpaired) electrons. The molecule has 0 saturated heterocycles. The highest BCUT2D eigenvalue weighted by atomic mass is 32.2. The number of carboxylic acid groups (broad SMARTS) is 1. The van der Waals surface area contributed by atoms with E-state index in [0.717, 1.165) is 27.8 Å². The Morgan fingerprint density at radius 1 is 0.897 bits per heavy atom. The minimum atomic E-state index is -1.03. The summed E-state index contributed by atoms with van der Waals surface area (Å²) in [6.45, 7) is 1.34. The van der Waals surface area contributed by atoms with E-state index in [2.05, 4.69) is 41.7 Å². The van der Waals surface area contributed by atoms with Gasteiger partial charge in [0.1, 0.15) is 6.04 Å². The first-order chi connectivity index (χ1) is 14.0.